The first-order chi connectivity index (χ1) is 13.1. The molecular weight excluding hydrogens is 340 g/mol. The third kappa shape index (κ3) is 4.11. The average Bonchev–Trinajstić information content (AvgIpc) is 3.52. The molecule has 1 amide bonds. The zero-order valence-electron chi connectivity index (χ0n) is 15.7. The van der Waals surface area contributed by atoms with Crippen molar-refractivity contribution >= 4 is 5.91 Å². The number of hydrogen-bond acceptors (Lipinski definition) is 4. The summed E-state index contributed by atoms with van der Waals surface area (Å²) in [6, 6.07) is 11.5. The fraction of sp³-hybridized carbons (Fsp3) is 0.476. The van der Waals surface area contributed by atoms with Gasteiger partial charge in [0.05, 0.1) is 5.69 Å². The summed E-state index contributed by atoms with van der Waals surface area (Å²) in [5, 5.41) is 8.01. The van der Waals surface area contributed by atoms with E-state index in [1.165, 1.54) is 18.9 Å². The van der Waals surface area contributed by atoms with Crippen molar-refractivity contribution in [2.75, 3.05) is 19.6 Å². The van der Waals surface area contributed by atoms with Gasteiger partial charge in [-0.15, -0.1) is 0 Å². The maximum Gasteiger partial charge on any atom is 0.278 e. The van der Waals surface area contributed by atoms with Gasteiger partial charge in [0.15, 0.2) is 5.69 Å². The molecule has 142 valence electrons. The Morgan fingerprint density at radius 2 is 1.85 bits per heavy atom. The van der Waals surface area contributed by atoms with E-state index < -0.39 is 0 Å². The normalized spacial score (nSPS) is 17.9. The number of rotatable bonds is 5. The van der Waals surface area contributed by atoms with Crippen molar-refractivity contribution in [3.63, 3.8) is 0 Å². The molecule has 1 saturated carbocycles. The number of carbonyl (C=O) groups is 1. The summed E-state index contributed by atoms with van der Waals surface area (Å²) in [5.41, 5.74) is 1.25. The van der Waals surface area contributed by atoms with Crippen LogP contribution >= 0.6 is 0 Å². The second-order valence-corrected chi connectivity index (χ2v) is 7.66. The molecule has 2 aliphatic rings. The first kappa shape index (κ1) is 17.9. The van der Waals surface area contributed by atoms with E-state index >= 15 is 0 Å². The Balaban J connectivity index is 1.48. The molecule has 2 aromatic rings. The first-order valence-electron chi connectivity index (χ1n) is 9.81. The van der Waals surface area contributed by atoms with Crippen molar-refractivity contribution in [2.45, 2.75) is 38.6 Å². The van der Waals surface area contributed by atoms with E-state index in [0.717, 1.165) is 31.0 Å². The number of likely N-dealkylation sites (tertiary alicyclic amines) is 1. The SMILES string of the molecule is Cc1cc(=O)c(C(=O)N2CCC(NCC3CC3)CC2)nn1-c1ccccc1. The molecule has 0 spiro atoms. The highest BCUT2D eigenvalue weighted by Crippen LogP contribution is 2.28. The van der Waals surface area contributed by atoms with Crippen molar-refractivity contribution in [1.82, 2.24) is 20.0 Å². The number of amides is 1. The van der Waals surface area contributed by atoms with Crippen LogP contribution in [0.1, 0.15) is 41.9 Å². The molecule has 1 N–H and O–H groups in total. The summed E-state index contributed by atoms with van der Waals surface area (Å²) in [6.07, 6.45) is 4.54. The maximum atomic E-state index is 12.9. The molecule has 1 aliphatic heterocycles. The molecule has 1 saturated heterocycles. The summed E-state index contributed by atoms with van der Waals surface area (Å²) >= 11 is 0. The third-order valence-corrected chi connectivity index (χ3v) is 5.49. The lowest BCUT2D eigenvalue weighted by Crippen LogP contribution is -2.46. The van der Waals surface area contributed by atoms with Gasteiger partial charge in [0.2, 0.25) is 5.43 Å². The van der Waals surface area contributed by atoms with Crippen LogP contribution in [-0.4, -0.2) is 46.3 Å². The van der Waals surface area contributed by atoms with Gasteiger partial charge in [0.1, 0.15) is 0 Å². The van der Waals surface area contributed by atoms with Crippen molar-refractivity contribution in [1.29, 1.82) is 0 Å². The standard InChI is InChI=1S/C21H26N4O2/c1-15-13-19(26)20(23-25(15)18-5-3-2-4-6-18)21(27)24-11-9-17(10-12-24)22-14-16-7-8-16/h2-6,13,16-17,22H,7-12,14H2,1H3. The molecule has 6 nitrogen and oxygen atoms in total. The molecule has 0 radical (unpaired) electrons. The van der Waals surface area contributed by atoms with E-state index in [-0.39, 0.29) is 17.0 Å². The van der Waals surface area contributed by atoms with Crippen LogP contribution in [0, 0.1) is 12.8 Å². The summed E-state index contributed by atoms with van der Waals surface area (Å²) in [4.78, 5) is 27.1. The van der Waals surface area contributed by atoms with Gasteiger partial charge in [-0.3, -0.25) is 9.59 Å². The first-order valence-corrected chi connectivity index (χ1v) is 9.81. The van der Waals surface area contributed by atoms with Crippen molar-refractivity contribution in [3.05, 3.63) is 58.0 Å². The monoisotopic (exact) mass is 366 g/mol. The van der Waals surface area contributed by atoms with Crippen LogP contribution in [0.2, 0.25) is 0 Å². The molecule has 4 rings (SSSR count). The van der Waals surface area contributed by atoms with E-state index in [2.05, 4.69) is 10.4 Å². The highest BCUT2D eigenvalue weighted by atomic mass is 16.2. The number of nitrogens with one attached hydrogen (secondary N) is 1. The van der Waals surface area contributed by atoms with E-state index in [9.17, 15) is 9.59 Å². The number of aromatic nitrogens is 2. The molecule has 6 heteroatoms. The van der Waals surface area contributed by atoms with Crippen LogP contribution in [0.4, 0.5) is 0 Å². The number of aryl methyl sites for hydroxylation is 1. The number of benzene rings is 1. The molecular formula is C21H26N4O2. The molecule has 0 atom stereocenters. The van der Waals surface area contributed by atoms with E-state index in [1.807, 2.05) is 37.3 Å². The molecule has 2 fully saturated rings. The Morgan fingerprint density at radius 1 is 1.15 bits per heavy atom. The minimum atomic E-state index is -0.307. The fourth-order valence-electron chi connectivity index (χ4n) is 3.62. The quantitative estimate of drug-likeness (QED) is 0.880. The summed E-state index contributed by atoms with van der Waals surface area (Å²) in [7, 11) is 0. The zero-order valence-corrected chi connectivity index (χ0v) is 15.7. The predicted octanol–water partition coefficient (Wildman–Crippen LogP) is 2.15. The Hall–Kier alpha value is -2.47. The smallest absolute Gasteiger partial charge is 0.278 e. The molecule has 0 unspecified atom stereocenters. The lowest BCUT2D eigenvalue weighted by atomic mass is 10.0. The minimum absolute atomic E-state index is 0.00819. The van der Waals surface area contributed by atoms with Crippen molar-refractivity contribution in [2.24, 2.45) is 5.92 Å². The van der Waals surface area contributed by atoms with Crippen LogP contribution in [0.3, 0.4) is 0 Å². The molecule has 27 heavy (non-hydrogen) atoms. The summed E-state index contributed by atoms with van der Waals surface area (Å²) in [5.74, 6) is 0.600. The van der Waals surface area contributed by atoms with Gasteiger partial charge in [-0.05, 0) is 57.2 Å². The fourth-order valence-corrected chi connectivity index (χ4v) is 3.62. The maximum absolute atomic E-state index is 12.9. The summed E-state index contributed by atoms with van der Waals surface area (Å²) < 4.78 is 1.67. The topological polar surface area (TPSA) is 67.2 Å². The average molecular weight is 366 g/mol. The highest BCUT2D eigenvalue weighted by molar-refractivity contribution is 5.92. The number of piperidine rings is 1. The molecule has 0 bridgehead atoms. The van der Waals surface area contributed by atoms with Crippen LogP contribution < -0.4 is 10.7 Å². The van der Waals surface area contributed by atoms with E-state index in [1.54, 1.807) is 9.58 Å². The van der Waals surface area contributed by atoms with Crippen LogP contribution in [-0.2, 0) is 0 Å². The molecule has 1 aromatic carbocycles. The largest absolute Gasteiger partial charge is 0.337 e. The van der Waals surface area contributed by atoms with Crippen LogP contribution in [0.25, 0.3) is 5.69 Å². The number of carbonyl (C=O) groups excluding carboxylic acids is 1. The van der Waals surface area contributed by atoms with E-state index in [0.29, 0.717) is 24.8 Å². The molecule has 1 aromatic heterocycles. The second-order valence-electron chi connectivity index (χ2n) is 7.66. The van der Waals surface area contributed by atoms with Gasteiger partial charge in [-0.2, -0.15) is 5.10 Å². The molecule has 2 heterocycles. The Morgan fingerprint density at radius 3 is 2.52 bits per heavy atom. The Labute approximate surface area is 159 Å². The van der Waals surface area contributed by atoms with Crippen molar-refractivity contribution in [3.8, 4) is 5.69 Å². The van der Waals surface area contributed by atoms with Gasteiger partial charge in [-0.25, -0.2) is 4.68 Å². The summed E-state index contributed by atoms with van der Waals surface area (Å²) in [6.45, 7) is 4.26. The molecule has 1 aliphatic carbocycles. The number of hydrogen-bond donors (Lipinski definition) is 1. The third-order valence-electron chi connectivity index (χ3n) is 5.49. The van der Waals surface area contributed by atoms with Gasteiger partial charge < -0.3 is 10.2 Å². The van der Waals surface area contributed by atoms with Crippen LogP contribution in [0.5, 0.6) is 0 Å². The van der Waals surface area contributed by atoms with Gasteiger partial charge in [0.25, 0.3) is 5.91 Å². The number of para-hydroxylation sites is 1. The number of nitrogens with zero attached hydrogens (tertiary/aromatic N) is 3. The lowest BCUT2D eigenvalue weighted by Gasteiger charge is -2.32. The van der Waals surface area contributed by atoms with Gasteiger partial charge >= 0.3 is 0 Å². The Bertz CT molecular complexity index is 865. The predicted molar refractivity (Wildman–Crippen MR) is 104 cm³/mol. The Kier molecular flexibility index (Phi) is 5.07. The van der Waals surface area contributed by atoms with E-state index in [4.69, 9.17) is 0 Å². The van der Waals surface area contributed by atoms with Crippen LogP contribution in [0.15, 0.2) is 41.2 Å². The minimum Gasteiger partial charge on any atom is -0.337 e. The van der Waals surface area contributed by atoms with Gasteiger partial charge in [-0.1, -0.05) is 18.2 Å². The zero-order chi connectivity index (χ0) is 18.8. The lowest BCUT2D eigenvalue weighted by molar-refractivity contribution is 0.0695. The van der Waals surface area contributed by atoms with Crippen molar-refractivity contribution < 1.29 is 4.79 Å². The second kappa shape index (κ2) is 7.64. The highest BCUT2D eigenvalue weighted by Gasteiger charge is 2.28. The van der Waals surface area contributed by atoms with Gasteiger partial charge in [0, 0.05) is 30.9 Å².